The van der Waals surface area contributed by atoms with E-state index < -0.39 is 11.3 Å². The van der Waals surface area contributed by atoms with Gasteiger partial charge in [-0.3, -0.25) is 9.63 Å². The predicted octanol–water partition coefficient (Wildman–Crippen LogP) is -2.02. The highest BCUT2D eigenvalue weighted by Gasteiger charge is 2.21. The van der Waals surface area contributed by atoms with Gasteiger partial charge in [0.1, 0.15) is 6.61 Å². The average Bonchev–Trinajstić information content (AvgIpc) is 2.12. The van der Waals surface area contributed by atoms with Gasteiger partial charge in [-0.05, 0) is 0 Å². The summed E-state index contributed by atoms with van der Waals surface area (Å²) in [6.45, 7) is 1.35. The number of hydrogen-bond acceptors (Lipinski definition) is 5. The zero-order valence-electron chi connectivity index (χ0n) is 7.62. The van der Waals surface area contributed by atoms with E-state index >= 15 is 0 Å². The lowest BCUT2D eigenvalue weighted by Gasteiger charge is -2.24. The van der Waals surface area contributed by atoms with Crippen LogP contribution in [-0.2, 0) is 9.63 Å². The number of amides is 1. The van der Waals surface area contributed by atoms with E-state index in [2.05, 4.69) is 10.3 Å². The molecule has 1 amide bonds. The van der Waals surface area contributed by atoms with Gasteiger partial charge in [0.25, 0.3) is 0 Å². The lowest BCUT2D eigenvalue weighted by Crippen LogP contribution is -2.39. The molecule has 6 nitrogen and oxygen atoms in total. The predicted molar refractivity (Wildman–Crippen MR) is 45.4 cm³/mol. The molecule has 5 N–H and O–H groups in total. The molecule has 0 aliphatic heterocycles. The van der Waals surface area contributed by atoms with Crippen LogP contribution in [0.4, 0.5) is 0 Å². The zero-order valence-corrected chi connectivity index (χ0v) is 7.62. The maximum Gasteiger partial charge on any atom is 0.245 e. The van der Waals surface area contributed by atoms with Crippen molar-refractivity contribution in [2.45, 2.75) is 6.92 Å². The Morgan fingerprint density at radius 1 is 1.54 bits per heavy atom. The summed E-state index contributed by atoms with van der Waals surface area (Å²) in [5.41, 5.74) is 6.59. The fourth-order valence-electron chi connectivity index (χ4n) is 0.509. The third-order valence-electron chi connectivity index (χ3n) is 1.58. The summed E-state index contributed by atoms with van der Waals surface area (Å²) in [6.07, 6.45) is 0. The molecular formula is C7H16N2O4. The van der Waals surface area contributed by atoms with E-state index in [1.807, 2.05) is 0 Å². The number of primary amides is 1. The van der Waals surface area contributed by atoms with Crippen LogP contribution < -0.4 is 11.2 Å². The molecule has 0 unspecified atom stereocenters. The van der Waals surface area contributed by atoms with Crippen LogP contribution in [0.15, 0.2) is 0 Å². The maximum absolute atomic E-state index is 10.2. The third-order valence-corrected chi connectivity index (χ3v) is 1.58. The first-order chi connectivity index (χ1) is 6.04. The minimum atomic E-state index is -0.655. The molecule has 0 aromatic rings. The van der Waals surface area contributed by atoms with Crippen LogP contribution in [0.25, 0.3) is 0 Å². The zero-order chi connectivity index (χ0) is 10.3. The van der Waals surface area contributed by atoms with Gasteiger partial charge >= 0.3 is 0 Å². The van der Waals surface area contributed by atoms with Crippen LogP contribution in [0.1, 0.15) is 6.92 Å². The van der Waals surface area contributed by atoms with Crippen LogP contribution >= 0.6 is 0 Å². The van der Waals surface area contributed by atoms with E-state index in [1.165, 1.54) is 0 Å². The molecule has 0 atom stereocenters. The first kappa shape index (κ1) is 12.3. The first-order valence-electron chi connectivity index (χ1n) is 3.89. The van der Waals surface area contributed by atoms with Crippen molar-refractivity contribution in [2.75, 3.05) is 26.4 Å². The molecule has 0 aliphatic rings. The Morgan fingerprint density at radius 3 is 2.46 bits per heavy atom. The fraction of sp³-hybridized carbons (Fsp3) is 0.857. The number of hydrogen-bond donors (Lipinski definition) is 4. The van der Waals surface area contributed by atoms with Gasteiger partial charge in [0.15, 0.2) is 0 Å². The van der Waals surface area contributed by atoms with E-state index in [-0.39, 0.29) is 26.4 Å². The normalized spacial score (nSPS) is 11.6. The summed E-state index contributed by atoms with van der Waals surface area (Å²) in [5, 5.41) is 17.7. The van der Waals surface area contributed by atoms with Gasteiger partial charge < -0.3 is 15.9 Å². The topological polar surface area (TPSA) is 105 Å². The molecule has 0 aromatic heterocycles. The molecule has 6 heteroatoms. The van der Waals surface area contributed by atoms with Crippen LogP contribution in [0, 0.1) is 5.41 Å². The lowest BCUT2D eigenvalue weighted by molar-refractivity contribution is -0.126. The fourth-order valence-corrected chi connectivity index (χ4v) is 0.509. The Kier molecular flexibility index (Phi) is 5.56. The molecule has 0 rings (SSSR count). The van der Waals surface area contributed by atoms with Crippen LogP contribution in [0.5, 0.6) is 0 Å². The Balaban J connectivity index is 3.55. The van der Waals surface area contributed by atoms with Crippen molar-refractivity contribution in [1.82, 2.24) is 5.48 Å². The number of nitrogens with two attached hydrogens (primary N) is 1. The number of aliphatic hydroxyl groups excluding tert-OH is 2. The van der Waals surface area contributed by atoms with Gasteiger partial charge in [0.05, 0.1) is 13.2 Å². The molecular weight excluding hydrogens is 176 g/mol. The second kappa shape index (κ2) is 5.87. The summed E-state index contributed by atoms with van der Waals surface area (Å²) in [5.74, 6) is -0.581. The smallest absolute Gasteiger partial charge is 0.245 e. The minimum absolute atomic E-state index is 0.170. The lowest BCUT2D eigenvalue weighted by atomic mass is 9.94. The number of rotatable bonds is 7. The van der Waals surface area contributed by atoms with Gasteiger partial charge in [0, 0.05) is 12.0 Å². The summed E-state index contributed by atoms with van der Waals surface area (Å²) >= 11 is 0. The maximum atomic E-state index is 10.2. The SMILES string of the molecule is CC(CO)(CO)CNOCC(N)=O. The van der Waals surface area contributed by atoms with Crippen molar-refractivity contribution in [2.24, 2.45) is 11.1 Å². The largest absolute Gasteiger partial charge is 0.396 e. The van der Waals surface area contributed by atoms with Crippen LogP contribution in [0.2, 0.25) is 0 Å². The summed E-state index contributed by atoms with van der Waals surface area (Å²) < 4.78 is 0. The van der Waals surface area contributed by atoms with Crippen LogP contribution in [0.3, 0.4) is 0 Å². The molecule has 0 saturated heterocycles. The molecule has 0 bridgehead atoms. The second-order valence-electron chi connectivity index (χ2n) is 3.20. The van der Waals surface area contributed by atoms with Crippen molar-refractivity contribution < 1.29 is 19.8 Å². The number of carbonyl (C=O) groups is 1. The van der Waals surface area contributed by atoms with Gasteiger partial charge in [-0.15, -0.1) is 0 Å². The van der Waals surface area contributed by atoms with Gasteiger partial charge in [0.2, 0.25) is 5.91 Å². The number of hydroxylamine groups is 1. The van der Waals surface area contributed by atoms with E-state index in [0.29, 0.717) is 0 Å². The minimum Gasteiger partial charge on any atom is -0.396 e. The van der Waals surface area contributed by atoms with Gasteiger partial charge in [-0.1, -0.05) is 6.92 Å². The van der Waals surface area contributed by atoms with Gasteiger partial charge in [-0.2, -0.15) is 0 Å². The highest BCUT2D eigenvalue weighted by Crippen LogP contribution is 2.11. The average molecular weight is 192 g/mol. The number of aliphatic hydroxyl groups is 2. The summed E-state index contributed by atoms with van der Waals surface area (Å²) in [7, 11) is 0. The van der Waals surface area contributed by atoms with E-state index in [1.54, 1.807) is 6.92 Å². The number of carbonyl (C=O) groups excluding carboxylic acids is 1. The van der Waals surface area contributed by atoms with E-state index in [4.69, 9.17) is 15.9 Å². The first-order valence-corrected chi connectivity index (χ1v) is 3.89. The van der Waals surface area contributed by atoms with Crippen LogP contribution in [-0.4, -0.2) is 42.5 Å². The van der Waals surface area contributed by atoms with Gasteiger partial charge in [-0.25, -0.2) is 5.48 Å². The van der Waals surface area contributed by atoms with Crippen molar-refractivity contribution in [3.05, 3.63) is 0 Å². The molecule has 0 heterocycles. The van der Waals surface area contributed by atoms with E-state index in [9.17, 15) is 4.79 Å². The number of nitrogens with one attached hydrogen (secondary N) is 1. The molecule has 78 valence electrons. The quantitative estimate of drug-likeness (QED) is 0.275. The van der Waals surface area contributed by atoms with E-state index in [0.717, 1.165) is 0 Å². The van der Waals surface area contributed by atoms with Crippen molar-refractivity contribution in [3.63, 3.8) is 0 Å². The molecule has 0 spiro atoms. The summed E-state index contributed by atoms with van der Waals surface area (Å²) in [6, 6.07) is 0. The highest BCUT2D eigenvalue weighted by molar-refractivity contribution is 5.74. The van der Waals surface area contributed by atoms with Crippen molar-refractivity contribution in [3.8, 4) is 0 Å². The Hall–Kier alpha value is -0.690. The second-order valence-corrected chi connectivity index (χ2v) is 3.20. The molecule has 0 saturated carbocycles. The molecule has 0 radical (unpaired) electrons. The third kappa shape index (κ3) is 5.53. The van der Waals surface area contributed by atoms with Crippen molar-refractivity contribution in [1.29, 1.82) is 0 Å². The Morgan fingerprint density at radius 2 is 2.08 bits per heavy atom. The Labute approximate surface area is 76.6 Å². The van der Waals surface area contributed by atoms with Crippen molar-refractivity contribution >= 4 is 5.91 Å². The molecule has 0 aromatic carbocycles. The molecule has 0 aliphatic carbocycles. The summed E-state index contributed by atoms with van der Waals surface area (Å²) in [4.78, 5) is 14.9. The monoisotopic (exact) mass is 192 g/mol. The molecule has 0 fully saturated rings. The standard InChI is InChI=1S/C7H16N2O4/c1-7(4-10,5-11)3-9-13-2-6(8)12/h9-11H,2-5H2,1H3,(H2,8,12). The molecule has 13 heavy (non-hydrogen) atoms. The highest BCUT2D eigenvalue weighted by atomic mass is 16.6. The Bertz CT molecular complexity index is 159.